The number of hydrogen-bond acceptors (Lipinski definition) is 2. The van der Waals surface area contributed by atoms with Crippen LogP contribution in [0.25, 0.3) is 0 Å². The van der Waals surface area contributed by atoms with Crippen molar-refractivity contribution in [3.8, 4) is 0 Å². The molecule has 0 fully saturated rings. The van der Waals surface area contributed by atoms with Gasteiger partial charge in [0.1, 0.15) is 10.5 Å². The van der Waals surface area contributed by atoms with Crippen LogP contribution < -0.4 is 0 Å². The molecule has 0 aromatic heterocycles. The molecular formula is C10H16O2Si. The molecule has 1 atom stereocenters. The smallest absolute Gasteiger partial charge is 0.146 e. The molecule has 0 heterocycles. The zero-order chi connectivity index (χ0) is 9.52. The summed E-state index contributed by atoms with van der Waals surface area (Å²) in [6.07, 6.45) is 0.165. The first-order valence-electron chi connectivity index (χ1n) is 4.50. The highest BCUT2D eigenvalue weighted by atomic mass is 28.2. The van der Waals surface area contributed by atoms with Crippen LogP contribution in [0.4, 0.5) is 0 Å². The van der Waals surface area contributed by atoms with Crippen molar-refractivity contribution < 1.29 is 9.16 Å². The van der Waals surface area contributed by atoms with Crippen LogP contribution in [0, 0.1) is 0 Å². The fraction of sp³-hybridized carbons (Fsp3) is 0.400. The second-order valence-electron chi connectivity index (χ2n) is 2.92. The quantitative estimate of drug-likeness (QED) is 0.518. The number of hydrogen-bond donors (Lipinski definition) is 0. The Kier molecular flexibility index (Phi) is 4.75. The van der Waals surface area contributed by atoms with Crippen molar-refractivity contribution in [2.75, 3.05) is 13.2 Å². The highest BCUT2D eigenvalue weighted by Crippen LogP contribution is 2.15. The summed E-state index contributed by atoms with van der Waals surface area (Å²) < 4.78 is 10.6. The highest BCUT2D eigenvalue weighted by molar-refractivity contribution is 5.97. The van der Waals surface area contributed by atoms with Gasteiger partial charge in [-0.25, -0.2) is 0 Å². The molecule has 2 nitrogen and oxygen atoms in total. The maximum Gasteiger partial charge on any atom is 0.146 e. The first kappa shape index (κ1) is 10.4. The molecule has 3 heteroatoms. The van der Waals surface area contributed by atoms with Gasteiger partial charge in [-0.05, 0) is 12.5 Å². The first-order chi connectivity index (χ1) is 6.34. The summed E-state index contributed by atoms with van der Waals surface area (Å²) in [5, 5.41) is 0. The molecule has 0 spiro atoms. The second-order valence-corrected chi connectivity index (χ2v) is 3.49. The lowest BCUT2D eigenvalue weighted by Crippen LogP contribution is -2.06. The zero-order valence-corrected chi connectivity index (χ0v) is 10.2. The van der Waals surface area contributed by atoms with Crippen molar-refractivity contribution in [1.82, 2.24) is 0 Å². The standard InChI is InChI=1S/C10H16O2Si/c1-9(11-7-8-12-13)10-5-3-2-4-6-10/h2-6,9H,7-8H2,1,13H3. The van der Waals surface area contributed by atoms with E-state index < -0.39 is 0 Å². The molecule has 0 aliphatic heterocycles. The maximum absolute atomic E-state index is 5.57. The Morgan fingerprint density at radius 3 is 2.54 bits per heavy atom. The zero-order valence-electron chi connectivity index (χ0n) is 8.19. The van der Waals surface area contributed by atoms with Gasteiger partial charge in [0.15, 0.2) is 0 Å². The maximum atomic E-state index is 5.57. The third-order valence-electron chi connectivity index (χ3n) is 1.92. The van der Waals surface area contributed by atoms with E-state index in [1.165, 1.54) is 5.56 Å². The van der Waals surface area contributed by atoms with Crippen LogP contribution in [0.3, 0.4) is 0 Å². The Hall–Kier alpha value is -0.643. The summed E-state index contributed by atoms with van der Waals surface area (Å²) in [6.45, 7) is 3.45. The van der Waals surface area contributed by atoms with Gasteiger partial charge in [-0.1, -0.05) is 30.3 Å². The van der Waals surface area contributed by atoms with E-state index in [9.17, 15) is 0 Å². The third kappa shape index (κ3) is 3.72. The summed E-state index contributed by atoms with van der Waals surface area (Å²) in [7, 11) is 0.789. The summed E-state index contributed by atoms with van der Waals surface area (Å²) in [6, 6.07) is 10.2. The molecule has 0 bridgehead atoms. The van der Waals surface area contributed by atoms with Crippen LogP contribution in [-0.2, 0) is 9.16 Å². The van der Waals surface area contributed by atoms with E-state index in [4.69, 9.17) is 9.16 Å². The van der Waals surface area contributed by atoms with Gasteiger partial charge in [0.25, 0.3) is 0 Å². The van der Waals surface area contributed by atoms with Gasteiger partial charge < -0.3 is 9.16 Å². The Balaban J connectivity index is 2.35. The second kappa shape index (κ2) is 5.91. The van der Waals surface area contributed by atoms with E-state index in [2.05, 4.69) is 19.1 Å². The molecule has 0 saturated heterocycles. The van der Waals surface area contributed by atoms with Crippen molar-refractivity contribution in [1.29, 1.82) is 0 Å². The predicted molar refractivity (Wildman–Crippen MR) is 56.7 cm³/mol. The predicted octanol–water partition coefficient (Wildman–Crippen LogP) is 1.06. The lowest BCUT2D eigenvalue weighted by Gasteiger charge is -2.12. The molecule has 1 rings (SSSR count). The Bertz CT molecular complexity index is 226. The topological polar surface area (TPSA) is 18.5 Å². The fourth-order valence-electron chi connectivity index (χ4n) is 1.13. The normalized spacial score (nSPS) is 13.0. The van der Waals surface area contributed by atoms with Crippen LogP contribution in [0.5, 0.6) is 0 Å². The van der Waals surface area contributed by atoms with Crippen LogP contribution in [0.1, 0.15) is 18.6 Å². The van der Waals surface area contributed by atoms with Crippen LogP contribution in [0.2, 0.25) is 0 Å². The number of rotatable bonds is 5. The number of benzene rings is 1. The van der Waals surface area contributed by atoms with E-state index in [0.29, 0.717) is 13.2 Å². The summed E-state index contributed by atoms with van der Waals surface area (Å²) >= 11 is 0. The van der Waals surface area contributed by atoms with Gasteiger partial charge in [-0.2, -0.15) is 0 Å². The monoisotopic (exact) mass is 196 g/mol. The van der Waals surface area contributed by atoms with Crippen LogP contribution in [0.15, 0.2) is 30.3 Å². The van der Waals surface area contributed by atoms with Gasteiger partial charge in [-0.3, -0.25) is 0 Å². The van der Waals surface area contributed by atoms with Gasteiger partial charge >= 0.3 is 0 Å². The minimum Gasteiger partial charge on any atom is -0.426 e. The molecule has 0 saturated carbocycles. The van der Waals surface area contributed by atoms with Crippen LogP contribution >= 0.6 is 0 Å². The minimum atomic E-state index is 0.165. The van der Waals surface area contributed by atoms with Gasteiger partial charge in [0.2, 0.25) is 0 Å². The van der Waals surface area contributed by atoms with Gasteiger partial charge in [0.05, 0.1) is 19.3 Å². The molecule has 1 aromatic rings. The molecule has 72 valence electrons. The summed E-state index contributed by atoms with van der Waals surface area (Å²) in [4.78, 5) is 0. The average Bonchev–Trinajstić information content (AvgIpc) is 2.19. The van der Waals surface area contributed by atoms with Crippen molar-refractivity contribution in [2.24, 2.45) is 0 Å². The third-order valence-corrected chi connectivity index (χ3v) is 2.33. The van der Waals surface area contributed by atoms with Crippen molar-refractivity contribution in [3.63, 3.8) is 0 Å². The molecule has 1 unspecified atom stereocenters. The van der Waals surface area contributed by atoms with E-state index >= 15 is 0 Å². The van der Waals surface area contributed by atoms with Crippen LogP contribution in [-0.4, -0.2) is 23.7 Å². The molecular weight excluding hydrogens is 180 g/mol. The summed E-state index contributed by atoms with van der Waals surface area (Å²) in [5.74, 6) is 0. The SMILES string of the molecule is CC(OCCO[SiH3])c1ccccc1. The van der Waals surface area contributed by atoms with E-state index in [1.807, 2.05) is 18.2 Å². The summed E-state index contributed by atoms with van der Waals surface area (Å²) in [5.41, 5.74) is 1.22. The van der Waals surface area contributed by atoms with E-state index in [0.717, 1.165) is 10.5 Å². The van der Waals surface area contributed by atoms with Crippen molar-refractivity contribution >= 4 is 10.5 Å². The molecule has 0 aliphatic carbocycles. The fourth-order valence-corrected chi connectivity index (χ4v) is 1.30. The molecule has 0 aliphatic rings. The molecule has 0 radical (unpaired) electrons. The van der Waals surface area contributed by atoms with Gasteiger partial charge in [-0.15, -0.1) is 0 Å². The highest BCUT2D eigenvalue weighted by Gasteiger charge is 2.03. The van der Waals surface area contributed by atoms with Gasteiger partial charge in [0, 0.05) is 0 Å². The molecule has 0 N–H and O–H groups in total. The largest absolute Gasteiger partial charge is 0.426 e. The molecule has 0 amide bonds. The van der Waals surface area contributed by atoms with Crippen molar-refractivity contribution in [3.05, 3.63) is 35.9 Å². The molecule has 1 aromatic carbocycles. The van der Waals surface area contributed by atoms with E-state index in [1.54, 1.807) is 0 Å². The lowest BCUT2D eigenvalue weighted by molar-refractivity contribution is 0.0457. The Labute approximate surface area is 82.4 Å². The van der Waals surface area contributed by atoms with E-state index in [-0.39, 0.29) is 6.10 Å². The minimum absolute atomic E-state index is 0.165. The number of ether oxygens (including phenoxy) is 1. The van der Waals surface area contributed by atoms with Crippen molar-refractivity contribution in [2.45, 2.75) is 13.0 Å². The lowest BCUT2D eigenvalue weighted by atomic mass is 10.1. The Morgan fingerprint density at radius 1 is 1.23 bits per heavy atom. The Morgan fingerprint density at radius 2 is 1.92 bits per heavy atom. The molecule has 13 heavy (non-hydrogen) atoms. The first-order valence-corrected chi connectivity index (χ1v) is 5.31. The average molecular weight is 196 g/mol.